The van der Waals surface area contributed by atoms with Crippen LogP contribution >= 0.6 is 8.96 Å². The highest BCUT2D eigenvalue weighted by molar-refractivity contribution is 7.32. The molecule has 0 bridgehead atoms. The maximum Gasteiger partial charge on any atom is 0.358 e. The Morgan fingerprint density at radius 1 is 1.36 bits per heavy atom. The highest BCUT2D eigenvalue weighted by Gasteiger charge is 2.61. The summed E-state index contributed by atoms with van der Waals surface area (Å²) in [5.41, 5.74) is 1.27. The highest BCUT2D eigenvalue weighted by atomic mass is 31.1. The van der Waals surface area contributed by atoms with Gasteiger partial charge in [-0.15, -0.1) is 0 Å². The summed E-state index contributed by atoms with van der Waals surface area (Å²) in [6.45, 7) is 12.7. The fraction of sp³-hybridized carbons (Fsp3) is 0.773. The Kier molecular flexibility index (Phi) is 8.79. The molecule has 3 aliphatic rings. The van der Waals surface area contributed by atoms with Gasteiger partial charge in [-0.25, -0.2) is 4.79 Å². The summed E-state index contributed by atoms with van der Waals surface area (Å²) in [6.07, 6.45) is 0.639. The molecule has 0 spiro atoms. The van der Waals surface area contributed by atoms with E-state index in [1.165, 1.54) is 0 Å². The molecular weight excluding hydrogens is 454 g/mol. The van der Waals surface area contributed by atoms with Crippen molar-refractivity contribution in [1.82, 2.24) is 14.8 Å². The summed E-state index contributed by atoms with van der Waals surface area (Å²) >= 11 is 0. The molecule has 3 aliphatic heterocycles. The molecule has 8 nitrogen and oxygen atoms in total. The number of fused-ring (bicyclic) bond motifs is 1. The molecule has 0 aromatic rings. The van der Waals surface area contributed by atoms with Crippen LogP contribution in [0.1, 0.15) is 41.0 Å². The van der Waals surface area contributed by atoms with Crippen molar-refractivity contribution in [3.05, 3.63) is 11.3 Å². The predicted octanol–water partition coefficient (Wildman–Crippen LogP) is 2.70. The van der Waals surface area contributed by atoms with Crippen molar-refractivity contribution in [3.63, 3.8) is 0 Å². The van der Waals surface area contributed by atoms with E-state index >= 15 is 0 Å². The van der Waals surface area contributed by atoms with Crippen molar-refractivity contribution in [1.29, 1.82) is 5.26 Å². The number of amides is 1. The topological polar surface area (TPSA) is 94.9 Å². The van der Waals surface area contributed by atoms with Gasteiger partial charge < -0.3 is 18.8 Å². The quantitative estimate of drug-likeness (QED) is 0.270. The van der Waals surface area contributed by atoms with Crippen molar-refractivity contribution in [2.75, 3.05) is 19.6 Å². The van der Waals surface area contributed by atoms with Crippen LogP contribution in [0.5, 0.6) is 0 Å². The first-order valence-electron chi connectivity index (χ1n) is 12.0. The number of β-lactam (4-membered cyclic amide) rings is 1. The fourth-order valence-electron chi connectivity index (χ4n) is 5.74. The first kappa shape index (κ1) is 26.4. The molecule has 2 saturated heterocycles. The van der Waals surface area contributed by atoms with Crippen LogP contribution in [-0.2, 0) is 18.5 Å². The van der Waals surface area contributed by atoms with Crippen molar-refractivity contribution in [3.8, 4) is 6.07 Å². The van der Waals surface area contributed by atoms with Crippen LogP contribution < -0.4 is 5.00 Å². The Morgan fingerprint density at radius 3 is 2.58 bits per heavy atom. The van der Waals surface area contributed by atoms with Gasteiger partial charge in [-0.1, -0.05) is 27.7 Å². The summed E-state index contributed by atoms with van der Waals surface area (Å²) in [5.74, 6) is -0.829. The lowest BCUT2D eigenvalue weighted by molar-refractivity contribution is -0.161. The standard InChI is InChI=1S/C22H36BN4O4PSi/c1-6-33(7-2,8-3)31-15(5)18-19-14(4)17(13-26-10-9-16(11-24)12-26)20(27(19)21(18)28)22(29)30-32-25-23/h14-16,18-19,25,32H,6-10,12-13H2,1-5H3/t14-,15+,16+,18?,19+/m0/s1. The second-order valence-electron chi connectivity index (χ2n) is 9.44. The zero-order chi connectivity index (χ0) is 24.3. The van der Waals surface area contributed by atoms with Gasteiger partial charge in [-0.05, 0) is 43.6 Å². The number of nitrogens with one attached hydrogen (secondary N) is 1. The maximum absolute atomic E-state index is 13.4. The van der Waals surface area contributed by atoms with Gasteiger partial charge in [-0.2, -0.15) is 5.26 Å². The summed E-state index contributed by atoms with van der Waals surface area (Å²) in [7, 11) is 3.05. The SMILES string of the molecule is [B]NPOC(=O)C1=C(CN2CC[C@H](C#N)C2)[C@H](C)[C@@H]2C([C@@H](C)O[Si](CC)(CC)CC)C(=O)N12. The second-order valence-corrected chi connectivity index (χ2v) is 14.9. The van der Waals surface area contributed by atoms with Gasteiger partial charge in [0.1, 0.15) is 14.7 Å². The third-order valence-electron chi connectivity index (χ3n) is 7.92. The number of nitriles is 1. The molecule has 2 unspecified atom stereocenters. The fourth-order valence-corrected chi connectivity index (χ4v) is 8.93. The first-order valence-corrected chi connectivity index (χ1v) is 15.5. The van der Waals surface area contributed by atoms with Gasteiger partial charge in [0.15, 0.2) is 16.3 Å². The number of hydrogen-bond donors (Lipinski definition) is 1. The van der Waals surface area contributed by atoms with E-state index < -0.39 is 14.3 Å². The highest BCUT2D eigenvalue weighted by Crippen LogP contribution is 2.49. The lowest BCUT2D eigenvalue weighted by atomic mass is 9.77. The Bertz CT molecular complexity index is 825. The lowest BCUT2D eigenvalue weighted by Crippen LogP contribution is -2.65. The van der Waals surface area contributed by atoms with E-state index in [9.17, 15) is 14.9 Å². The molecule has 180 valence electrons. The minimum atomic E-state index is -1.87. The average molecular weight is 490 g/mol. The van der Waals surface area contributed by atoms with Crippen LogP contribution in [0, 0.1) is 29.1 Å². The van der Waals surface area contributed by atoms with Crippen LogP contribution in [-0.4, -0.2) is 69.8 Å². The number of carbonyl (C=O) groups excluding carboxylic acids is 2. The van der Waals surface area contributed by atoms with Gasteiger partial charge in [0.25, 0.3) is 0 Å². The summed E-state index contributed by atoms with van der Waals surface area (Å²) in [6, 6.07) is 5.31. The number of hydrogen-bond acceptors (Lipinski definition) is 7. The molecule has 6 atom stereocenters. The lowest BCUT2D eigenvalue weighted by Gasteiger charge is -2.49. The molecule has 3 rings (SSSR count). The molecule has 11 heteroatoms. The zero-order valence-electron chi connectivity index (χ0n) is 20.4. The Balaban J connectivity index is 1.84. The maximum atomic E-state index is 13.4. The number of carbonyl (C=O) groups is 2. The van der Waals surface area contributed by atoms with Crippen molar-refractivity contribution in [2.24, 2.45) is 17.8 Å². The van der Waals surface area contributed by atoms with E-state index in [1.54, 1.807) is 4.90 Å². The average Bonchev–Trinajstić information content (AvgIpc) is 3.37. The van der Waals surface area contributed by atoms with Gasteiger partial charge in [0.2, 0.25) is 5.91 Å². The molecule has 0 aliphatic carbocycles. The molecule has 2 radical (unpaired) electrons. The van der Waals surface area contributed by atoms with E-state index in [0.29, 0.717) is 18.8 Å². The number of nitrogens with zero attached hydrogens (tertiary/aromatic N) is 3. The van der Waals surface area contributed by atoms with E-state index in [2.05, 4.69) is 43.7 Å². The minimum Gasteiger partial charge on any atom is -0.428 e. The van der Waals surface area contributed by atoms with E-state index in [1.807, 2.05) is 6.92 Å². The summed E-state index contributed by atoms with van der Waals surface area (Å²) < 4.78 is 12.0. The van der Waals surface area contributed by atoms with E-state index in [4.69, 9.17) is 16.9 Å². The smallest absolute Gasteiger partial charge is 0.358 e. The Labute approximate surface area is 201 Å². The monoisotopic (exact) mass is 490 g/mol. The van der Waals surface area contributed by atoms with Crippen LogP contribution in [0.25, 0.3) is 0 Å². The Hall–Kier alpha value is -1.24. The Morgan fingerprint density at radius 2 is 2.03 bits per heavy atom. The molecule has 0 aromatic heterocycles. The van der Waals surface area contributed by atoms with E-state index in [-0.39, 0.29) is 44.8 Å². The molecule has 2 fully saturated rings. The molecule has 1 amide bonds. The zero-order valence-corrected chi connectivity index (χ0v) is 22.4. The van der Waals surface area contributed by atoms with Gasteiger partial charge in [0.05, 0.1) is 30.1 Å². The normalized spacial score (nSPS) is 28.8. The third-order valence-corrected chi connectivity index (χ3v) is 13.1. The predicted molar refractivity (Wildman–Crippen MR) is 132 cm³/mol. The van der Waals surface area contributed by atoms with Crippen LogP contribution in [0.2, 0.25) is 18.1 Å². The summed E-state index contributed by atoms with van der Waals surface area (Å²) in [4.78, 5) is 32.5. The molecular formula is C22H36BN4O4PSi. The number of likely N-dealkylation sites (tertiary alicyclic amines) is 1. The van der Waals surface area contributed by atoms with Crippen molar-refractivity contribution >= 4 is 37.1 Å². The molecule has 0 saturated carbocycles. The number of rotatable bonds is 11. The van der Waals surface area contributed by atoms with Crippen LogP contribution in [0.3, 0.4) is 0 Å². The summed E-state index contributed by atoms with van der Waals surface area (Å²) in [5, 5.41) is 9.27. The molecule has 3 heterocycles. The van der Waals surface area contributed by atoms with Gasteiger partial charge >= 0.3 is 5.97 Å². The minimum absolute atomic E-state index is 0.00989. The van der Waals surface area contributed by atoms with Crippen molar-refractivity contribution < 1.29 is 18.5 Å². The molecule has 1 N–H and O–H groups in total. The van der Waals surface area contributed by atoms with Crippen molar-refractivity contribution in [2.45, 2.75) is 71.3 Å². The second kappa shape index (κ2) is 11.0. The van der Waals surface area contributed by atoms with Gasteiger partial charge in [0, 0.05) is 19.0 Å². The van der Waals surface area contributed by atoms with Gasteiger partial charge in [-0.3, -0.25) is 9.69 Å². The third kappa shape index (κ3) is 4.94. The molecule has 0 aromatic carbocycles. The van der Waals surface area contributed by atoms with Crippen LogP contribution in [0.4, 0.5) is 0 Å². The van der Waals surface area contributed by atoms with Crippen LogP contribution in [0.15, 0.2) is 11.3 Å². The van der Waals surface area contributed by atoms with E-state index in [0.717, 1.165) is 36.7 Å². The molecule has 33 heavy (non-hydrogen) atoms. The first-order chi connectivity index (χ1) is 15.8. The largest absolute Gasteiger partial charge is 0.428 e.